The van der Waals surface area contributed by atoms with Crippen LogP contribution in [0.1, 0.15) is 37.9 Å². The lowest BCUT2D eigenvalue weighted by Crippen LogP contribution is -2.50. The molecule has 160 valence electrons. The van der Waals surface area contributed by atoms with Gasteiger partial charge >= 0.3 is 0 Å². The summed E-state index contributed by atoms with van der Waals surface area (Å²) in [5, 5.41) is 13.8. The van der Waals surface area contributed by atoms with E-state index in [0.29, 0.717) is 30.7 Å². The van der Waals surface area contributed by atoms with Gasteiger partial charge in [0.2, 0.25) is 5.91 Å². The van der Waals surface area contributed by atoms with Gasteiger partial charge in [0.1, 0.15) is 0 Å². The van der Waals surface area contributed by atoms with Crippen molar-refractivity contribution in [1.29, 1.82) is 0 Å². The summed E-state index contributed by atoms with van der Waals surface area (Å²) in [6.45, 7) is 8.27. The molecule has 0 bridgehead atoms. The highest BCUT2D eigenvalue weighted by atomic mass is 35.5. The SMILES string of the molecule is CC(CC(=O)N1CCN(CC(O)c2ccccc2)CC1)C1CCCNC1.Cl.Cl. The van der Waals surface area contributed by atoms with Crippen molar-refractivity contribution in [2.75, 3.05) is 45.8 Å². The smallest absolute Gasteiger partial charge is 0.222 e. The minimum absolute atomic E-state index is 0. The number of aliphatic hydroxyl groups excluding tert-OH is 1. The second-order valence-corrected chi connectivity index (χ2v) is 7.90. The summed E-state index contributed by atoms with van der Waals surface area (Å²) in [6, 6.07) is 9.80. The predicted octanol–water partition coefficient (Wildman–Crippen LogP) is 2.73. The zero-order chi connectivity index (χ0) is 18.4. The van der Waals surface area contributed by atoms with Crippen LogP contribution in [0, 0.1) is 11.8 Å². The lowest BCUT2D eigenvalue weighted by atomic mass is 9.85. The van der Waals surface area contributed by atoms with Gasteiger partial charge in [0, 0.05) is 39.1 Å². The third kappa shape index (κ3) is 7.20. The molecule has 3 unspecified atom stereocenters. The van der Waals surface area contributed by atoms with Crippen molar-refractivity contribution in [1.82, 2.24) is 15.1 Å². The zero-order valence-corrected chi connectivity index (χ0v) is 18.4. The van der Waals surface area contributed by atoms with Gasteiger partial charge in [-0.2, -0.15) is 0 Å². The number of carbonyl (C=O) groups is 1. The summed E-state index contributed by atoms with van der Waals surface area (Å²) in [5.74, 6) is 1.38. The molecule has 2 aliphatic rings. The van der Waals surface area contributed by atoms with Crippen molar-refractivity contribution < 1.29 is 9.90 Å². The molecular formula is C21H35Cl2N3O2. The Labute approximate surface area is 181 Å². The molecule has 2 saturated heterocycles. The van der Waals surface area contributed by atoms with E-state index in [-0.39, 0.29) is 24.8 Å². The molecule has 1 aromatic carbocycles. The zero-order valence-electron chi connectivity index (χ0n) is 16.8. The molecule has 1 amide bonds. The molecule has 0 radical (unpaired) electrons. The van der Waals surface area contributed by atoms with Gasteiger partial charge in [0.15, 0.2) is 0 Å². The quantitative estimate of drug-likeness (QED) is 0.726. The van der Waals surface area contributed by atoms with E-state index in [1.165, 1.54) is 12.8 Å². The van der Waals surface area contributed by atoms with Crippen LogP contribution in [-0.4, -0.2) is 66.6 Å². The van der Waals surface area contributed by atoms with Crippen LogP contribution in [0.15, 0.2) is 30.3 Å². The van der Waals surface area contributed by atoms with E-state index in [4.69, 9.17) is 0 Å². The van der Waals surface area contributed by atoms with Gasteiger partial charge < -0.3 is 15.3 Å². The maximum atomic E-state index is 12.6. The van der Waals surface area contributed by atoms with Gasteiger partial charge in [-0.25, -0.2) is 0 Å². The third-order valence-electron chi connectivity index (χ3n) is 5.98. The fourth-order valence-electron chi connectivity index (χ4n) is 4.14. The van der Waals surface area contributed by atoms with Crippen LogP contribution in [0.4, 0.5) is 0 Å². The lowest BCUT2D eigenvalue weighted by molar-refractivity contribution is -0.134. The van der Waals surface area contributed by atoms with E-state index in [1.54, 1.807) is 0 Å². The first-order chi connectivity index (χ1) is 12.6. The molecule has 2 heterocycles. The van der Waals surface area contributed by atoms with Crippen LogP contribution in [0.5, 0.6) is 0 Å². The summed E-state index contributed by atoms with van der Waals surface area (Å²) in [7, 11) is 0. The minimum Gasteiger partial charge on any atom is -0.387 e. The molecule has 0 spiro atoms. The van der Waals surface area contributed by atoms with Gasteiger partial charge in [-0.15, -0.1) is 24.8 Å². The van der Waals surface area contributed by atoms with Crippen molar-refractivity contribution in [2.45, 2.75) is 32.3 Å². The molecule has 5 nitrogen and oxygen atoms in total. The first-order valence-corrected chi connectivity index (χ1v) is 10.1. The number of β-amino-alcohol motifs (C(OH)–C–C–N with tert-alkyl or cyclic N) is 1. The standard InChI is InChI=1S/C21H33N3O2.2ClH/c1-17(19-8-5-9-22-15-19)14-21(26)24-12-10-23(11-13-24)16-20(25)18-6-3-2-4-7-18;;/h2-4,6-7,17,19-20,22,25H,5,8-16H2,1H3;2*1H. The van der Waals surface area contributed by atoms with Crippen LogP contribution < -0.4 is 5.32 Å². The Hall–Kier alpha value is -0.850. The van der Waals surface area contributed by atoms with Crippen molar-refractivity contribution in [2.24, 2.45) is 11.8 Å². The maximum absolute atomic E-state index is 12.6. The van der Waals surface area contributed by atoms with Gasteiger partial charge in [-0.05, 0) is 43.3 Å². The van der Waals surface area contributed by atoms with Crippen LogP contribution in [-0.2, 0) is 4.79 Å². The molecule has 0 saturated carbocycles. The van der Waals surface area contributed by atoms with E-state index in [9.17, 15) is 9.90 Å². The van der Waals surface area contributed by atoms with E-state index in [1.807, 2.05) is 35.2 Å². The number of benzene rings is 1. The Bertz CT molecular complexity index is 562. The van der Waals surface area contributed by atoms with Crippen LogP contribution in [0.25, 0.3) is 0 Å². The fourth-order valence-corrected chi connectivity index (χ4v) is 4.14. The van der Waals surface area contributed by atoms with Crippen LogP contribution in [0.3, 0.4) is 0 Å². The molecule has 0 aliphatic carbocycles. The molecule has 3 atom stereocenters. The molecule has 1 aromatic rings. The predicted molar refractivity (Wildman–Crippen MR) is 118 cm³/mol. The second-order valence-electron chi connectivity index (χ2n) is 7.90. The first kappa shape index (κ1) is 25.2. The monoisotopic (exact) mass is 431 g/mol. The van der Waals surface area contributed by atoms with Crippen molar-refractivity contribution >= 4 is 30.7 Å². The Morgan fingerprint density at radius 2 is 1.86 bits per heavy atom. The summed E-state index contributed by atoms with van der Waals surface area (Å²) in [5.41, 5.74) is 0.959. The van der Waals surface area contributed by atoms with Crippen LogP contribution in [0.2, 0.25) is 0 Å². The number of amides is 1. The fraction of sp³-hybridized carbons (Fsp3) is 0.667. The molecular weight excluding hydrogens is 397 g/mol. The number of hydrogen-bond donors (Lipinski definition) is 2. The van der Waals surface area contributed by atoms with Crippen molar-refractivity contribution in [3.63, 3.8) is 0 Å². The summed E-state index contributed by atoms with van der Waals surface area (Å²) < 4.78 is 0. The van der Waals surface area contributed by atoms with Gasteiger partial charge in [0.05, 0.1) is 6.10 Å². The lowest BCUT2D eigenvalue weighted by Gasteiger charge is -2.37. The Balaban J connectivity index is 0.00000196. The molecule has 3 rings (SSSR count). The van der Waals surface area contributed by atoms with E-state index < -0.39 is 6.10 Å². The number of nitrogens with zero attached hydrogens (tertiary/aromatic N) is 2. The molecule has 7 heteroatoms. The minimum atomic E-state index is -0.461. The van der Waals surface area contributed by atoms with Crippen molar-refractivity contribution in [3.05, 3.63) is 35.9 Å². The number of hydrogen-bond acceptors (Lipinski definition) is 4. The van der Waals surface area contributed by atoms with Gasteiger partial charge in [-0.3, -0.25) is 9.69 Å². The van der Waals surface area contributed by atoms with E-state index >= 15 is 0 Å². The molecule has 2 N–H and O–H groups in total. The van der Waals surface area contributed by atoms with E-state index in [0.717, 1.165) is 44.8 Å². The summed E-state index contributed by atoms with van der Waals surface area (Å²) >= 11 is 0. The number of aliphatic hydroxyl groups is 1. The first-order valence-electron chi connectivity index (χ1n) is 10.1. The summed E-state index contributed by atoms with van der Waals surface area (Å²) in [6.07, 6.45) is 2.68. The van der Waals surface area contributed by atoms with Crippen LogP contribution >= 0.6 is 24.8 Å². The third-order valence-corrected chi connectivity index (χ3v) is 5.98. The topological polar surface area (TPSA) is 55.8 Å². The largest absolute Gasteiger partial charge is 0.387 e. The maximum Gasteiger partial charge on any atom is 0.222 e. The van der Waals surface area contributed by atoms with Gasteiger partial charge in [0.25, 0.3) is 0 Å². The number of piperazine rings is 1. The number of piperidine rings is 1. The number of carbonyl (C=O) groups excluding carboxylic acids is 1. The Kier molecular flexibility index (Phi) is 11.4. The normalized spacial score (nSPS) is 22.5. The highest BCUT2D eigenvalue weighted by Gasteiger charge is 2.27. The molecule has 2 fully saturated rings. The second kappa shape index (κ2) is 12.7. The highest BCUT2D eigenvalue weighted by Crippen LogP contribution is 2.23. The summed E-state index contributed by atoms with van der Waals surface area (Å²) in [4.78, 5) is 16.9. The Morgan fingerprint density at radius 3 is 2.46 bits per heavy atom. The van der Waals surface area contributed by atoms with E-state index in [2.05, 4.69) is 17.1 Å². The number of halogens is 2. The molecule has 0 aromatic heterocycles. The average molecular weight is 432 g/mol. The highest BCUT2D eigenvalue weighted by molar-refractivity contribution is 5.85. The Morgan fingerprint density at radius 1 is 1.18 bits per heavy atom. The van der Waals surface area contributed by atoms with Gasteiger partial charge in [-0.1, -0.05) is 37.3 Å². The average Bonchev–Trinajstić information content (AvgIpc) is 2.69. The number of rotatable bonds is 6. The number of nitrogens with one attached hydrogen (secondary N) is 1. The molecule has 28 heavy (non-hydrogen) atoms. The molecule has 2 aliphatic heterocycles. The van der Waals surface area contributed by atoms with Crippen molar-refractivity contribution in [3.8, 4) is 0 Å².